The Bertz CT molecular complexity index is 1060. The molecule has 3 rings (SSSR count). The Balaban J connectivity index is 1.92. The average Bonchev–Trinajstić information content (AvgIpc) is 2.82. The van der Waals surface area contributed by atoms with Gasteiger partial charge in [-0.05, 0) is 47.5 Å². The van der Waals surface area contributed by atoms with Gasteiger partial charge in [-0.3, -0.25) is 0 Å². The van der Waals surface area contributed by atoms with E-state index in [4.69, 9.17) is 18.9 Å². The quantitative estimate of drug-likeness (QED) is 0.458. The predicted octanol–water partition coefficient (Wildman–Crippen LogP) is 5.47. The molecule has 0 spiro atoms. The van der Waals surface area contributed by atoms with Gasteiger partial charge >= 0.3 is 0 Å². The van der Waals surface area contributed by atoms with Crippen molar-refractivity contribution in [1.82, 2.24) is 0 Å². The van der Waals surface area contributed by atoms with E-state index >= 15 is 0 Å². The van der Waals surface area contributed by atoms with Gasteiger partial charge in [0.15, 0.2) is 23.0 Å². The molecule has 0 heterocycles. The molecule has 0 radical (unpaired) electrons. The summed E-state index contributed by atoms with van der Waals surface area (Å²) in [6.45, 7) is 0. The highest BCUT2D eigenvalue weighted by molar-refractivity contribution is 5.79. The molecule has 0 aliphatic carbocycles. The van der Waals surface area contributed by atoms with Crippen molar-refractivity contribution in [3.8, 4) is 34.5 Å². The van der Waals surface area contributed by atoms with E-state index in [1.165, 1.54) is 14.2 Å². The topological polar surface area (TPSA) is 77.4 Å². The van der Waals surface area contributed by atoms with Crippen LogP contribution in [-0.4, -0.2) is 38.7 Å². The van der Waals surface area contributed by atoms with Gasteiger partial charge in [0.1, 0.15) is 11.5 Å². The van der Waals surface area contributed by atoms with Gasteiger partial charge in [-0.15, -0.1) is 0 Å². The first-order valence-corrected chi connectivity index (χ1v) is 9.85. The number of hydrogen-bond donors (Lipinski definition) is 2. The summed E-state index contributed by atoms with van der Waals surface area (Å²) in [5.41, 5.74) is 3.40. The molecule has 0 fully saturated rings. The van der Waals surface area contributed by atoms with E-state index in [1.807, 2.05) is 36.4 Å². The van der Waals surface area contributed by atoms with Gasteiger partial charge in [-0.1, -0.05) is 36.4 Å². The number of phenolic OH excluding ortho intramolecular Hbond substituents is 2. The van der Waals surface area contributed by atoms with Gasteiger partial charge in [-0.2, -0.15) is 0 Å². The first kappa shape index (κ1) is 22.6. The van der Waals surface area contributed by atoms with Crippen LogP contribution in [0.1, 0.15) is 22.3 Å². The Labute approximate surface area is 187 Å². The van der Waals surface area contributed by atoms with Crippen LogP contribution < -0.4 is 18.9 Å². The Morgan fingerprint density at radius 1 is 0.500 bits per heavy atom. The zero-order valence-corrected chi connectivity index (χ0v) is 18.5. The number of hydrogen-bond acceptors (Lipinski definition) is 6. The van der Waals surface area contributed by atoms with Crippen molar-refractivity contribution in [3.63, 3.8) is 0 Å². The summed E-state index contributed by atoms with van der Waals surface area (Å²) in [5, 5.41) is 19.5. The number of methoxy groups -OCH3 is 4. The zero-order valence-electron chi connectivity index (χ0n) is 18.5. The maximum Gasteiger partial charge on any atom is 0.161 e. The Morgan fingerprint density at radius 3 is 1.22 bits per heavy atom. The van der Waals surface area contributed by atoms with Crippen molar-refractivity contribution in [2.45, 2.75) is 0 Å². The van der Waals surface area contributed by atoms with E-state index in [2.05, 4.69) is 0 Å². The molecular formula is C26H26O6. The molecule has 0 bridgehead atoms. The van der Waals surface area contributed by atoms with E-state index in [1.54, 1.807) is 50.6 Å². The van der Waals surface area contributed by atoms with Gasteiger partial charge < -0.3 is 29.2 Å². The van der Waals surface area contributed by atoms with Crippen LogP contribution in [0.4, 0.5) is 0 Å². The van der Waals surface area contributed by atoms with Crippen molar-refractivity contribution in [1.29, 1.82) is 0 Å². The monoisotopic (exact) mass is 434 g/mol. The third-order valence-electron chi connectivity index (χ3n) is 4.90. The molecule has 2 N–H and O–H groups in total. The SMILES string of the molecule is COc1cc(/C=C/c2cc(OC)c(/C=C/c3ccc(O)c(OC)c3)cc2OC)ccc1O. The van der Waals surface area contributed by atoms with Crippen molar-refractivity contribution < 1.29 is 29.2 Å². The van der Waals surface area contributed by atoms with Crippen LogP contribution in [-0.2, 0) is 0 Å². The van der Waals surface area contributed by atoms with Crippen LogP contribution >= 0.6 is 0 Å². The van der Waals surface area contributed by atoms with Gasteiger partial charge in [0.05, 0.1) is 28.4 Å². The summed E-state index contributed by atoms with van der Waals surface area (Å²) in [5.74, 6) is 2.34. The lowest BCUT2D eigenvalue weighted by atomic mass is 10.0. The summed E-state index contributed by atoms with van der Waals surface area (Å²) in [4.78, 5) is 0. The molecule has 0 unspecified atom stereocenters. The normalized spacial score (nSPS) is 11.1. The van der Waals surface area contributed by atoms with Gasteiger partial charge in [-0.25, -0.2) is 0 Å². The minimum atomic E-state index is 0.0892. The fourth-order valence-electron chi connectivity index (χ4n) is 3.17. The van der Waals surface area contributed by atoms with Crippen molar-refractivity contribution in [3.05, 3.63) is 70.8 Å². The summed E-state index contributed by atoms with van der Waals surface area (Å²) >= 11 is 0. The van der Waals surface area contributed by atoms with Crippen molar-refractivity contribution in [2.75, 3.05) is 28.4 Å². The molecule has 6 nitrogen and oxygen atoms in total. The van der Waals surface area contributed by atoms with Gasteiger partial charge in [0.2, 0.25) is 0 Å². The Kier molecular flexibility index (Phi) is 7.29. The predicted molar refractivity (Wildman–Crippen MR) is 127 cm³/mol. The fraction of sp³-hybridized carbons (Fsp3) is 0.154. The third-order valence-corrected chi connectivity index (χ3v) is 4.90. The zero-order chi connectivity index (χ0) is 23.1. The molecule has 6 heteroatoms. The number of rotatable bonds is 8. The van der Waals surface area contributed by atoms with Crippen LogP contribution in [0.25, 0.3) is 24.3 Å². The molecule has 0 amide bonds. The van der Waals surface area contributed by atoms with Crippen molar-refractivity contribution in [2.24, 2.45) is 0 Å². The maximum absolute atomic E-state index is 9.77. The number of ether oxygens (including phenoxy) is 4. The van der Waals surface area contributed by atoms with Crippen LogP contribution in [0.5, 0.6) is 34.5 Å². The average molecular weight is 434 g/mol. The highest BCUT2D eigenvalue weighted by atomic mass is 16.5. The molecule has 3 aromatic rings. The number of phenols is 2. The van der Waals surface area contributed by atoms with Crippen LogP contribution in [0, 0.1) is 0 Å². The lowest BCUT2D eigenvalue weighted by Gasteiger charge is -2.11. The first-order chi connectivity index (χ1) is 15.5. The van der Waals surface area contributed by atoms with Crippen molar-refractivity contribution >= 4 is 24.3 Å². The second-order valence-electron chi connectivity index (χ2n) is 6.87. The molecule has 166 valence electrons. The summed E-state index contributed by atoms with van der Waals surface area (Å²) in [6, 6.07) is 14.0. The molecule has 0 aliphatic heterocycles. The molecule has 0 aliphatic rings. The van der Waals surface area contributed by atoms with E-state index in [0.29, 0.717) is 23.0 Å². The van der Waals surface area contributed by atoms with Crippen LogP contribution in [0.3, 0.4) is 0 Å². The fourth-order valence-corrected chi connectivity index (χ4v) is 3.17. The summed E-state index contributed by atoms with van der Waals surface area (Å²) in [7, 11) is 6.25. The number of aromatic hydroxyl groups is 2. The summed E-state index contributed by atoms with van der Waals surface area (Å²) < 4.78 is 21.5. The van der Waals surface area contributed by atoms with Crippen LogP contribution in [0.15, 0.2) is 48.5 Å². The molecule has 0 saturated heterocycles. The minimum absolute atomic E-state index is 0.0892. The second-order valence-corrected chi connectivity index (χ2v) is 6.87. The van der Waals surface area contributed by atoms with Gasteiger partial charge in [0.25, 0.3) is 0 Å². The lowest BCUT2D eigenvalue weighted by Crippen LogP contribution is -1.93. The van der Waals surface area contributed by atoms with E-state index < -0.39 is 0 Å². The van der Waals surface area contributed by atoms with Crippen LogP contribution in [0.2, 0.25) is 0 Å². The maximum atomic E-state index is 9.77. The Hall–Kier alpha value is -4.06. The van der Waals surface area contributed by atoms with Gasteiger partial charge in [0, 0.05) is 11.1 Å². The highest BCUT2D eigenvalue weighted by Gasteiger charge is 2.09. The first-order valence-electron chi connectivity index (χ1n) is 9.85. The largest absolute Gasteiger partial charge is 0.504 e. The molecular weight excluding hydrogens is 408 g/mol. The lowest BCUT2D eigenvalue weighted by molar-refractivity contribution is 0.373. The standard InChI is InChI=1S/C26H26O6/c1-29-23-15-20(10-6-18-8-12-22(28)26(14-18)32-4)24(30-2)16-19(23)9-5-17-7-11-21(27)25(13-17)31-3/h5-16,27-28H,1-4H3/b9-5+,10-6+. The Morgan fingerprint density at radius 2 is 0.875 bits per heavy atom. The molecule has 0 atom stereocenters. The highest BCUT2D eigenvalue weighted by Crippen LogP contribution is 2.33. The molecule has 32 heavy (non-hydrogen) atoms. The summed E-state index contributed by atoms with van der Waals surface area (Å²) in [6.07, 6.45) is 7.62. The third kappa shape index (κ3) is 5.16. The molecule has 0 aromatic heterocycles. The smallest absolute Gasteiger partial charge is 0.161 e. The number of benzene rings is 3. The second kappa shape index (κ2) is 10.3. The minimum Gasteiger partial charge on any atom is -0.504 e. The van der Waals surface area contributed by atoms with E-state index in [9.17, 15) is 10.2 Å². The van der Waals surface area contributed by atoms with E-state index in [0.717, 1.165) is 22.3 Å². The molecule has 3 aromatic carbocycles. The molecule has 0 saturated carbocycles. The van der Waals surface area contributed by atoms with E-state index in [-0.39, 0.29) is 11.5 Å².